The molecule has 35 heavy (non-hydrogen) atoms. The van der Waals surface area contributed by atoms with Crippen molar-refractivity contribution >= 4 is 17.6 Å². The molecule has 0 aliphatic carbocycles. The monoisotopic (exact) mass is 476 g/mol. The number of likely N-dealkylation sites (tertiary alicyclic amines) is 1. The highest BCUT2D eigenvalue weighted by Gasteiger charge is 2.31. The van der Waals surface area contributed by atoms with Crippen LogP contribution in [0.2, 0.25) is 0 Å². The smallest absolute Gasteiger partial charge is 0.309 e. The van der Waals surface area contributed by atoms with Crippen LogP contribution in [0.1, 0.15) is 41.4 Å². The average Bonchev–Trinajstić information content (AvgIpc) is 3.31. The third-order valence-electron chi connectivity index (χ3n) is 6.42. The molecule has 1 amide bonds. The SMILES string of the molecule is CCOC(=O)C1CCN(C(=O)c2cc(-c3ccc(C)c(C)c3)nn2-c2cccc([N+](=O)[O-])c2)CC1. The maximum absolute atomic E-state index is 13.6. The number of piperidine rings is 1. The third-order valence-corrected chi connectivity index (χ3v) is 6.42. The Kier molecular flexibility index (Phi) is 6.95. The van der Waals surface area contributed by atoms with Gasteiger partial charge in [-0.05, 0) is 62.9 Å². The lowest BCUT2D eigenvalue weighted by atomic mass is 9.97. The molecular formula is C26H28N4O5. The number of amides is 1. The first kappa shape index (κ1) is 24.1. The predicted molar refractivity (Wildman–Crippen MR) is 130 cm³/mol. The summed E-state index contributed by atoms with van der Waals surface area (Å²) >= 11 is 0. The fourth-order valence-electron chi connectivity index (χ4n) is 4.25. The van der Waals surface area contributed by atoms with E-state index in [4.69, 9.17) is 4.74 Å². The number of aryl methyl sites for hydroxylation is 2. The van der Waals surface area contributed by atoms with Gasteiger partial charge in [-0.2, -0.15) is 5.10 Å². The Labute approximate surface area is 203 Å². The zero-order valence-electron chi connectivity index (χ0n) is 20.1. The molecule has 1 saturated heterocycles. The number of aromatic nitrogens is 2. The summed E-state index contributed by atoms with van der Waals surface area (Å²) in [5.41, 5.74) is 4.36. The lowest BCUT2D eigenvalue weighted by Crippen LogP contribution is -2.41. The summed E-state index contributed by atoms with van der Waals surface area (Å²) in [7, 11) is 0. The van der Waals surface area contributed by atoms with E-state index in [9.17, 15) is 19.7 Å². The molecule has 0 bridgehead atoms. The maximum atomic E-state index is 13.6. The highest BCUT2D eigenvalue weighted by molar-refractivity contribution is 5.94. The van der Waals surface area contributed by atoms with Crippen molar-refractivity contribution in [2.24, 2.45) is 5.92 Å². The Hall–Kier alpha value is -4.01. The molecule has 1 aliphatic heterocycles. The van der Waals surface area contributed by atoms with Gasteiger partial charge in [0.2, 0.25) is 0 Å². The molecule has 1 aliphatic rings. The molecule has 1 fully saturated rings. The Morgan fingerprint density at radius 1 is 1.09 bits per heavy atom. The number of nitrogens with zero attached hydrogens (tertiary/aromatic N) is 4. The molecule has 0 N–H and O–H groups in total. The number of carbonyl (C=O) groups excluding carboxylic acids is 2. The van der Waals surface area contributed by atoms with Gasteiger partial charge in [-0.1, -0.05) is 18.2 Å². The van der Waals surface area contributed by atoms with Crippen LogP contribution in [0.5, 0.6) is 0 Å². The molecule has 0 unspecified atom stereocenters. The van der Waals surface area contributed by atoms with E-state index in [1.807, 2.05) is 32.0 Å². The second-order valence-corrected chi connectivity index (χ2v) is 8.72. The van der Waals surface area contributed by atoms with Crippen molar-refractivity contribution in [1.82, 2.24) is 14.7 Å². The number of non-ortho nitro benzene ring substituents is 1. The zero-order valence-corrected chi connectivity index (χ0v) is 20.1. The minimum absolute atomic E-state index is 0.0839. The third kappa shape index (κ3) is 5.08. The Balaban J connectivity index is 1.69. The minimum atomic E-state index is -0.473. The summed E-state index contributed by atoms with van der Waals surface area (Å²) in [6.07, 6.45) is 1.05. The zero-order chi connectivity index (χ0) is 25.1. The lowest BCUT2D eigenvalue weighted by molar-refractivity contribution is -0.384. The van der Waals surface area contributed by atoms with Gasteiger partial charge < -0.3 is 9.64 Å². The van der Waals surface area contributed by atoms with E-state index in [2.05, 4.69) is 5.10 Å². The first-order valence-electron chi connectivity index (χ1n) is 11.7. The van der Waals surface area contributed by atoms with Gasteiger partial charge in [-0.25, -0.2) is 4.68 Å². The Morgan fingerprint density at radius 2 is 1.83 bits per heavy atom. The van der Waals surface area contributed by atoms with Crippen molar-refractivity contribution in [3.63, 3.8) is 0 Å². The molecule has 9 nitrogen and oxygen atoms in total. The van der Waals surface area contributed by atoms with E-state index < -0.39 is 4.92 Å². The first-order valence-corrected chi connectivity index (χ1v) is 11.7. The maximum Gasteiger partial charge on any atom is 0.309 e. The summed E-state index contributed by atoms with van der Waals surface area (Å²) in [6.45, 7) is 6.98. The van der Waals surface area contributed by atoms with Crippen LogP contribution in [0.4, 0.5) is 5.69 Å². The van der Waals surface area contributed by atoms with E-state index in [0.29, 0.717) is 49.6 Å². The molecule has 2 heterocycles. The summed E-state index contributed by atoms with van der Waals surface area (Å²) < 4.78 is 6.60. The normalized spacial score (nSPS) is 14.1. The van der Waals surface area contributed by atoms with Gasteiger partial charge in [0.15, 0.2) is 0 Å². The van der Waals surface area contributed by atoms with Gasteiger partial charge in [0, 0.05) is 30.8 Å². The molecule has 0 atom stereocenters. The van der Waals surface area contributed by atoms with Gasteiger partial charge >= 0.3 is 5.97 Å². The number of esters is 1. The van der Waals surface area contributed by atoms with Gasteiger partial charge in [0.05, 0.1) is 28.8 Å². The largest absolute Gasteiger partial charge is 0.466 e. The van der Waals surface area contributed by atoms with Crippen LogP contribution in [0.3, 0.4) is 0 Å². The molecule has 4 rings (SSSR count). The molecule has 2 aromatic carbocycles. The van der Waals surface area contributed by atoms with Gasteiger partial charge in [-0.15, -0.1) is 0 Å². The predicted octanol–water partition coefficient (Wildman–Crippen LogP) is 4.48. The lowest BCUT2D eigenvalue weighted by Gasteiger charge is -2.30. The van der Waals surface area contributed by atoms with Crippen molar-refractivity contribution in [2.45, 2.75) is 33.6 Å². The van der Waals surface area contributed by atoms with Crippen LogP contribution in [0.25, 0.3) is 16.9 Å². The summed E-state index contributed by atoms with van der Waals surface area (Å²) in [5.74, 6) is -0.675. The summed E-state index contributed by atoms with van der Waals surface area (Å²) in [5, 5.41) is 16.0. The second-order valence-electron chi connectivity index (χ2n) is 8.72. The van der Waals surface area contributed by atoms with Crippen molar-refractivity contribution in [3.05, 3.63) is 75.5 Å². The van der Waals surface area contributed by atoms with Crippen LogP contribution < -0.4 is 0 Å². The molecule has 0 saturated carbocycles. The van der Waals surface area contributed by atoms with Crippen LogP contribution >= 0.6 is 0 Å². The van der Waals surface area contributed by atoms with Crippen molar-refractivity contribution in [2.75, 3.05) is 19.7 Å². The van der Waals surface area contributed by atoms with E-state index in [-0.39, 0.29) is 23.5 Å². The fourth-order valence-corrected chi connectivity index (χ4v) is 4.25. The quantitative estimate of drug-likeness (QED) is 0.295. The van der Waals surface area contributed by atoms with Gasteiger partial charge in [0.25, 0.3) is 11.6 Å². The number of benzene rings is 2. The molecular weight excluding hydrogens is 448 g/mol. The van der Waals surface area contributed by atoms with Crippen LogP contribution in [0.15, 0.2) is 48.5 Å². The number of rotatable bonds is 6. The Bertz CT molecular complexity index is 1270. The molecule has 9 heteroatoms. The number of carbonyl (C=O) groups is 2. The average molecular weight is 477 g/mol. The van der Waals surface area contributed by atoms with Crippen LogP contribution in [0, 0.1) is 29.9 Å². The van der Waals surface area contributed by atoms with E-state index in [0.717, 1.165) is 16.7 Å². The van der Waals surface area contributed by atoms with Gasteiger partial charge in [-0.3, -0.25) is 19.7 Å². The molecule has 0 radical (unpaired) electrons. The highest BCUT2D eigenvalue weighted by Crippen LogP contribution is 2.27. The molecule has 1 aromatic heterocycles. The molecule has 0 spiro atoms. The van der Waals surface area contributed by atoms with Crippen LogP contribution in [-0.4, -0.2) is 51.2 Å². The highest BCUT2D eigenvalue weighted by atomic mass is 16.6. The van der Waals surface area contributed by atoms with Crippen molar-refractivity contribution in [1.29, 1.82) is 0 Å². The van der Waals surface area contributed by atoms with Crippen molar-refractivity contribution in [3.8, 4) is 16.9 Å². The number of nitro benzene ring substituents is 1. The number of hydrogen-bond acceptors (Lipinski definition) is 6. The standard InChI is InChI=1S/C26H28N4O5/c1-4-35-26(32)19-10-12-28(13-11-19)25(31)24-16-23(20-9-8-17(2)18(3)14-20)27-29(24)21-6-5-7-22(15-21)30(33)34/h5-9,14-16,19H,4,10-13H2,1-3H3. The van der Waals surface area contributed by atoms with Crippen molar-refractivity contribution < 1.29 is 19.2 Å². The van der Waals surface area contributed by atoms with E-state index >= 15 is 0 Å². The molecule has 182 valence electrons. The van der Waals surface area contributed by atoms with E-state index in [1.165, 1.54) is 16.8 Å². The fraction of sp³-hybridized carbons (Fsp3) is 0.346. The minimum Gasteiger partial charge on any atom is -0.466 e. The topological polar surface area (TPSA) is 108 Å². The molecule has 3 aromatic rings. The second kappa shape index (κ2) is 10.1. The summed E-state index contributed by atoms with van der Waals surface area (Å²) in [6, 6.07) is 13.7. The first-order chi connectivity index (χ1) is 16.8. The number of ether oxygens (including phenoxy) is 1. The number of nitro groups is 1. The van der Waals surface area contributed by atoms with E-state index in [1.54, 1.807) is 30.0 Å². The number of hydrogen-bond donors (Lipinski definition) is 0. The van der Waals surface area contributed by atoms with Crippen LogP contribution in [-0.2, 0) is 9.53 Å². The summed E-state index contributed by atoms with van der Waals surface area (Å²) in [4.78, 5) is 38.3. The van der Waals surface area contributed by atoms with Gasteiger partial charge in [0.1, 0.15) is 5.69 Å². The Morgan fingerprint density at radius 3 is 2.49 bits per heavy atom.